The number of hydrogen-bond donors (Lipinski definition) is 3. The Kier molecular flexibility index (Phi) is 9.91. The second kappa shape index (κ2) is 12.4. The maximum atomic E-state index is 5.82. The molecule has 0 saturated carbocycles. The van der Waals surface area contributed by atoms with Gasteiger partial charge in [-0.1, -0.05) is 18.6 Å². The lowest BCUT2D eigenvalue weighted by Gasteiger charge is -2.17. The molecule has 0 fully saturated rings. The average molecular weight is 387 g/mol. The first kappa shape index (κ1) is 22.3. The van der Waals surface area contributed by atoms with Crippen LogP contribution >= 0.6 is 0 Å². The maximum Gasteiger partial charge on any atom is 0.186 e. The van der Waals surface area contributed by atoms with Crippen LogP contribution in [-0.2, 0) is 17.6 Å². The Morgan fingerprint density at radius 3 is 2.89 bits per heavy atom. The molecule has 1 aromatic heterocycles. The number of unbranched alkanes of at least 4 members (excludes halogenated alkanes) is 1. The number of allylic oxidation sites excluding steroid dienone is 3. The van der Waals surface area contributed by atoms with Gasteiger partial charge in [0.1, 0.15) is 12.4 Å². The number of aromatic nitrogens is 1. The van der Waals surface area contributed by atoms with Crippen molar-refractivity contribution in [1.82, 2.24) is 15.6 Å². The summed E-state index contributed by atoms with van der Waals surface area (Å²) < 4.78 is 5.82. The Labute approximate surface area is 171 Å². The van der Waals surface area contributed by atoms with Gasteiger partial charge < -0.3 is 20.7 Å². The van der Waals surface area contributed by atoms with E-state index in [2.05, 4.69) is 54.9 Å². The average Bonchev–Trinajstić information content (AvgIpc) is 2.73. The summed E-state index contributed by atoms with van der Waals surface area (Å²) in [5.74, 6) is 1.94. The SMILES string of the molecule is CCC(C)=C(C)/C=C(\NC)OCCNCCCCc1ccc2c(n1)NCCC2. The van der Waals surface area contributed by atoms with Gasteiger partial charge >= 0.3 is 0 Å². The number of pyridine rings is 1. The highest BCUT2D eigenvalue weighted by Crippen LogP contribution is 2.20. The van der Waals surface area contributed by atoms with E-state index in [1.54, 1.807) is 0 Å². The summed E-state index contributed by atoms with van der Waals surface area (Å²) >= 11 is 0. The van der Waals surface area contributed by atoms with Gasteiger partial charge in [0.05, 0.1) is 0 Å². The van der Waals surface area contributed by atoms with Crippen LogP contribution in [0.2, 0.25) is 0 Å². The zero-order valence-corrected chi connectivity index (χ0v) is 18.2. The zero-order valence-electron chi connectivity index (χ0n) is 18.2. The van der Waals surface area contributed by atoms with Crippen molar-refractivity contribution < 1.29 is 4.74 Å². The number of nitrogens with one attached hydrogen (secondary N) is 3. The second-order valence-electron chi connectivity index (χ2n) is 7.47. The molecule has 156 valence electrons. The summed E-state index contributed by atoms with van der Waals surface area (Å²) in [5, 5.41) is 10.0. The number of hydrogen-bond acceptors (Lipinski definition) is 5. The van der Waals surface area contributed by atoms with Crippen LogP contribution in [-0.4, -0.2) is 38.3 Å². The molecule has 1 aromatic rings. The molecule has 0 aliphatic carbocycles. The summed E-state index contributed by atoms with van der Waals surface area (Å²) in [7, 11) is 1.90. The van der Waals surface area contributed by atoms with Crippen LogP contribution in [0.4, 0.5) is 5.82 Å². The minimum absolute atomic E-state index is 0.670. The smallest absolute Gasteiger partial charge is 0.186 e. The molecule has 0 spiro atoms. The first-order valence-electron chi connectivity index (χ1n) is 10.8. The largest absolute Gasteiger partial charge is 0.478 e. The van der Waals surface area contributed by atoms with Gasteiger partial charge in [-0.15, -0.1) is 0 Å². The van der Waals surface area contributed by atoms with E-state index < -0.39 is 0 Å². The van der Waals surface area contributed by atoms with E-state index in [-0.39, 0.29) is 0 Å². The van der Waals surface area contributed by atoms with Gasteiger partial charge in [0.15, 0.2) is 5.88 Å². The molecule has 0 amide bonds. The van der Waals surface area contributed by atoms with Crippen LogP contribution in [0.15, 0.2) is 35.2 Å². The fourth-order valence-electron chi connectivity index (χ4n) is 3.21. The number of anilines is 1. The quantitative estimate of drug-likeness (QED) is 0.286. The summed E-state index contributed by atoms with van der Waals surface area (Å²) in [6.07, 6.45) is 8.86. The number of rotatable bonds is 12. The molecule has 0 atom stereocenters. The van der Waals surface area contributed by atoms with Crippen LogP contribution < -0.4 is 16.0 Å². The maximum absolute atomic E-state index is 5.82. The van der Waals surface area contributed by atoms with Crippen LogP contribution in [0.25, 0.3) is 0 Å². The van der Waals surface area contributed by atoms with E-state index in [0.717, 1.165) is 63.4 Å². The molecule has 2 heterocycles. The highest BCUT2D eigenvalue weighted by molar-refractivity contribution is 5.46. The number of ether oxygens (including phenoxy) is 1. The fraction of sp³-hybridized carbons (Fsp3) is 0.609. The fourth-order valence-corrected chi connectivity index (χ4v) is 3.21. The standard InChI is InChI=1S/C23H38N4O/c1-5-18(2)19(3)17-22(24-4)28-16-15-25-13-7-6-10-21-12-11-20-9-8-14-26-23(20)27-21/h11-12,17,24-25H,5-10,13-16H2,1-4H3,(H,26,27)/b19-18?,22-17+. The van der Waals surface area contributed by atoms with E-state index in [4.69, 9.17) is 9.72 Å². The van der Waals surface area contributed by atoms with Gasteiger partial charge in [-0.2, -0.15) is 0 Å². The molecule has 0 radical (unpaired) electrons. The summed E-state index contributed by atoms with van der Waals surface area (Å²) in [6.45, 7) is 10.1. The molecular weight excluding hydrogens is 348 g/mol. The minimum Gasteiger partial charge on any atom is -0.478 e. The lowest BCUT2D eigenvalue weighted by molar-refractivity contribution is 0.195. The van der Waals surface area contributed by atoms with E-state index in [0.29, 0.717) is 6.61 Å². The van der Waals surface area contributed by atoms with Gasteiger partial charge in [-0.3, -0.25) is 0 Å². The molecule has 2 rings (SSSR count). The van der Waals surface area contributed by atoms with Crippen molar-refractivity contribution in [2.75, 3.05) is 38.6 Å². The van der Waals surface area contributed by atoms with Gasteiger partial charge in [-0.25, -0.2) is 4.98 Å². The Hall–Kier alpha value is -2.01. The first-order chi connectivity index (χ1) is 13.6. The predicted molar refractivity (Wildman–Crippen MR) is 119 cm³/mol. The molecule has 5 nitrogen and oxygen atoms in total. The van der Waals surface area contributed by atoms with Crippen molar-refractivity contribution >= 4 is 5.82 Å². The third-order valence-corrected chi connectivity index (χ3v) is 5.32. The zero-order chi connectivity index (χ0) is 20.2. The summed E-state index contributed by atoms with van der Waals surface area (Å²) in [5.41, 5.74) is 5.22. The van der Waals surface area contributed by atoms with Crippen LogP contribution in [0.5, 0.6) is 0 Å². The molecule has 0 unspecified atom stereocenters. The third kappa shape index (κ3) is 7.55. The summed E-state index contributed by atoms with van der Waals surface area (Å²) in [6, 6.07) is 4.43. The predicted octanol–water partition coefficient (Wildman–Crippen LogP) is 4.18. The van der Waals surface area contributed by atoms with Crippen molar-refractivity contribution in [3.05, 3.63) is 46.5 Å². The lowest BCUT2D eigenvalue weighted by atomic mass is 10.1. The molecule has 0 saturated heterocycles. The minimum atomic E-state index is 0.670. The van der Waals surface area contributed by atoms with Crippen molar-refractivity contribution in [3.63, 3.8) is 0 Å². The normalized spacial score (nSPS) is 14.8. The molecule has 1 aliphatic heterocycles. The molecule has 1 aliphatic rings. The van der Waals surface area contributed by atoms with E-state index >= 15 is 0 Å². The number of fused-ring (bicyclic) bond motifs is 1. The van der Waals surface area contributed by atoms with Crippen LogP contribution in [0, 0.1) is 0 Å². The van der Waals surface area contributed by atoms with Gasteiger partial charge in [-0.05, 0) is 76.1 Å². The van der Waals surface area contributed by atoms with Crippen molar-refractivity contribution in [2.45, 2.75) is 59.3 Å². The highest BCUT2D eigenvalue weighted by atomic mass is 16.5. The number of nitrogens with zero attached hydrogens (tertiary/aromatic N) is 1. The molecule has 0 aromatic carbocycles. The van der Waals surface area contributed by atoms with E-state index in [1.807, 2.05) is 7.05 Å². The Morgan fingerprint density at radius 1 is 1.25 bits per heavy atom. The topological polar surface area (TPSA) is 58.2 Å². The molecule has 28 heavy (non-hydrogen) atoms. The van der Waals surface area contributed by atoms with Crippen molar-refractivity contribution in [1.29, 1.82) is 0 Å². The third-order valence-electron chi connectivity index (χ3n) is 5.32. The Morgan fingerprint density at radius 2 is 2.11 bits per heavy atom. The van der Waals surface area contributed by atoms with Gasteiger partial charge in [0.25, 0.3) is 0 Å². The van der Waals surface area contributed by atoms with Crippen LogP contribution in [0.3, 0.4) is 0 Å². The second-order valence-corrected chi connectivity index (χ2v) is 7.47. The number of aryl methyl sites for hydroxylation is 2. The molecule has 0 bridgehead atoms. The first-order valence-corrected chi connectivity index (χ1v) is 10.8. The van der Waals surface area contributed by atoms with E-state index in [9.17, 15) is 0 Å². The van der Waals surface area contributed by atoms with E-state index in [1.165, 1.54) is 28.8 Å². The summed E-state index contributed by atoms with van der Waals surface area (Å²) in [4.78, 5) is 4.76. The Bertz CT molecular complexity index is 667. The highest BCUT2D eigenvalue weighted by Gasteiger charge is 2.09. The molecule has 3 N–H and O–H groups in total. The van der Waals surface area contributed by atoms with Gasteiger partial charge in [0, 0.05) is 31.9 Å². The lowest BCUT2D eigenvalue weighted by Crippen LogP contribution is -2.22. The van der Waals surface area contributed by atoms with Crippen molar-refractivity contribution in [3.8, 4) is 0 Å². The van der Waals surface area contributed by atoms with Crippen LogP contribution in [0.1, 0.15) is 57.7 Å². The Balaban J connectivity index is 1.57. The van der Waals surface area contributed by atoms with Crippen molar-refractivity contribution in [2.24, 2.45) is 0 Å². The molecular formula is C23H38N4O. The molecule has 5 heteroatoms. The van der Waals surface area contributed by atoms with Gasteiger partial charge in [0.2, 0.25) is 0 Å². The monoisotopic (exact) mass is 386 g/mol.